The quantitative estimate of drug-likeness (QED) is 0.849. The number of carboxylic acid groups (broad SMARTS) is 1. The fourth-order valence-corrected chi connectivity index (χ4v) is 2.90. The second-order valence-corrected chi connectivity index (χ2v) is 6.64. The third-order valence-corrected chi connectivity index (χ3v) is 4.51. The lowest BCUT2D eigenvalue weighted by Crippen LogP contribution is -2.47. The van der Waals surface area contributed by atoms with Crippen LogP contribution in [0.4, 0.5) is 0 Å². The smallest absolute Gasteiger partial charge is 0.307 e. The van der Waals surface area contributed by atoms with Gasteiger partial charge in [0.05, 0.1) is 11.8 Å². The molecule has 2 rings (SSSR count). The Balaban J connectivity index is 1.86. The highest BCUT2D eigenvalue weighted by Crippen LogP contribution is 2.34. The Hall–Kier alpha value is -1.84. The molecule has 3 atom stereocenters. The Bertz CT molecular complexity index is 536. The van der Waals surface area contributed by atoms with Crippen LogP contribution in [-0.2, 0) is 16.0 Å². The SMILES string of the molecule is CC(Cc1ccc(C(C)C)cc1)NC(=O)C1CCC1C(=O)O. The molecule has 3 unspecified atom stereocenters. The minimum Gasteiger partial charge on any atom is -0.481 e. The van der Waals surface area contributed by atoms with Gasteiger partial charge < -0.3 is 10.4 Å². The molecule has 1 saturated carbocycles. The Morgan fingerprint density at radius 2 is 1.73 bits per heavy atom. The van der Waals surface area contributed by atoms with Crippen LogP contribution in [0, 0.1) is 11.8 Å². The number of carbonyl (C=O) groups excluding carboxylic acids is 1. The molecule has 0 bridgehead atoms. The number of rotatable bonds is 6. The molecule has 1 fully saturated rings. The number of benzene rings is 1. The van der Waals surface area contributed by atoms with Gasteiger partial charge in [0.1, 0.15) is 0 Å². The van der Waals surface area contributed by atoms with Crippen LogP contribution in [0.5, 0.6) is 0 Å². The fraction of sp³-hybridized carbons (Fsp3) is 0.556. The van der Waals surface area contributed by atoms with Gasteiger partial charge in [-0.1, -0.05) is 38.1 Å². The maximum absolute atomic E-state index is 12.1. The second kappa shape index (κ2) is 6.95. The highest BCUT2D eigenvalue weighted by Gasteiger charge is 2.41. The van der Waals surface area contributed by atoms with E-state index < -0.39 is 11.9 Å². The van der Waals surface area contributed by atoms with Crippen LogP contribution in [0.25, 0.3) is 0 Å². The van der Waals surface area contributed by atoms with Gasteiger partial charge in [-0.15, -0.1) is 0 Å². The molecule has 0 spiro atoms. The lowest BCUT2D eigenvalue weighted by molar-refractivity contribution is -0.152. The zero-order chi connectivity index (χ0) is 16.3. The number of hydrogen-bond donors (Lipinski definition) is 2. The molecule has 1 amide bonds. The van der Waals surface area contributed by atoms with Crippen molar-refractivity contribution in [3.05, 3.63) is 35.4 Å². The number of aliphatic carboxylic acids is 1. The summed E-state index contributed by atoms with van der Waals surface area (Å²) in [6.07, 6.45) is 2.05. The monoisotopic (exact) mass is 303 g/mol. The Labute approximate surface area is 131 Å². The van der Waals surface area contributed by atoms with Crippen molar-refractivity contribution < 1.29 is 14.7 Å². The van der Waals surface area contributed by atoms with E-state index >= 15 is 0 Å². The molecule has 1 aromatic carbocycles. The Morgan fingerprint density at radius 3 is 2.18 bits per heavy atom. The van der Waals surface area contributed by atoms with Crippen molar-refractivity contribution in [3.8, 4) is 0 Å². The predicted octanol–water partition coefficient (Wildman–Crippen LogP) is 2.97. The molecule has 120 valence electrons. The van der Waals surface area contributed by atoms with Crippen molar-refractivity contribution in [2.24, 2.45) is 11.8 Å². The summed E-state index contributed by atoms with van der Waals surface area (Å²) in [6.45, 7) is 6.29. The van der Waals surface area contributed by atoms with Crippen molar-refractivity contribution in [1.82, 2.24) is 5.32 Å². The summed E-state index contributed by atoms with van der Waals surface area (Å²) >= 11 is 0. The van der Waals surface area contributed by atoms with Crippen LogP contribution in [0.2, 0.25) is 0 Å². The van der Waals surface area contributed by atoms with Crippen LogP contribution in [0.1, 0.15) is 50.7 Å². The largest absolute Gasteiger partial charge is 0.481 e. The summed E-state index contributed by atoms with van der Waals surface area (Å²) in [6, 6.07) is 8.46. The zero-order valence-electron chi connectivity index (χ0n) is 13.5. The summed E-state index contributed by atoms with van der Waals surface area (Å²) in [7, 11) is 0. The molecule has 0 saturated heterocycles. The second-order valence-electron chi connectivity index (χ2n) is 6.64. The molecule has 0 heterocycles. The zero-order valence-corrected chi connectivity index (χ0v) is 13.5. The van der Waals surface area contributed by atoms with Crippen molar-refractivity contribution in [3.63, 3.8) is 0 Å². The van der Waals surface area contributed by atoms with E-state index in [2.05, 4.69) is 43.4 Å². The standard InChI is InChI=1S/C18H25NO3/c1-11(2)14-6-4-13(5-7-14)10-12(3)19-17(20)15-8-9-16(15)18(21)22/h4-7,11-12,15-16H,8-10H2,1-3H3,(H,19,20)(H,21,22). The number of hydrogen-bond acceptors (Lipinski definition) is 2. The average molecular weight is 303 g/mol. The van der Waals surface area contributed by atoms with Gasteiger partial charge in [0, 0.05) is 6.04 Å². The molecule has 0 radical (unpaired) electrons. The number of amides is 1. The van der Waals surface area contributed by atoms with Crippen LogP contribution in [-0.4, -0.2) is 23.0 Å². The van der Waals surface area contributed by atoms with Gasteiger partial charge in [-0.05, 0) is 43.2 Å². The maximum Gasteiger partial charge on any atom is 0.307 e. The van der Waals surface area contributed by atoms with E-state index in [9.17, 15) is 9.59 Å². The van der Waals surface area contributed by atoms with Gasteiger partial charge in [-0.2, -0.15) is 0 Å². The summed E-state index contributed by atoms with van der Waals surface area (Å²) in [4.78, 5) is 23.1. The molecular weight excluding hydrogens is 278 g/mol. The molecule has 4 heteroatoms. The van der Waals surface area contributed by atoms with E-state index in [1.54, 1.807) is 0 Å². The van der Waals surface area contributed by atoms with Crippen molar-refractivity contribution >= 4 is 11.9 Å². The van der Waals surface area contributed by atoms with Crippen LogP contribution in [0.3, 0.4) is 0 Å². The molecular formula is C18H25NO3. The first-order chi connectivity index (χ1) is 10.4. The summed E-state index contributed by atoms with van der Waals surface area (Å²) in [5.41, 5.74) is 2.49. The summed E-state index contributed by atoms with van der Waals surface area (Å²) in [5.74, 6) is -1.33. The third kappa shape index (κ3) is 3.87. The topological polar surface area (TPSA) is 66.4 Å². The minimum atomic E-state index is -0.858. The van der Waals surface area contributed by atoms with Gasteiger partial charge in [-0.25, -0.2) is 0 Å². The molecule has 1 aliphatic carbocycles. The van der Waals surface area contributed by atoms with Crippen LogP contribution >= 0.6 is 0 Å². The predicted molar refractivity (Wildman–Crippen MR) is 85.7 cm³/mol. The van der Waals surface area contributed by atoms with Gasteiger partial charge in [-0.3, -0.25) is 9.59 Å². The lowest BCUT2D eigenvalue weighted by atomic mass is 9.73. The van der Waals surface area contributed by atoms with Gasteiger partial charge >= 0.3 is 5.97 Å². The first-order valence-electron chi connectivity index (χ1n) is 8.00. The normalized spacial score (nSPS) is 22.0. The molecule has 0 aromatic heterocycles. The van der Waals surface area contributed by atoms with Gasteiger partial charge in [0.2, 0.25) is 5.91 Å². The summed E-state index contributed by atoms with van der Waals surface area (Å²) in [5, 5.41) is 12.0. The highest BCUT2D eigenvalue weighted by molar-refractivity contribution is 5.86. The minimum absolute atomic E-state index is 0.00689. The van der Waals surface area contributed by atoms with Crippen LogP contribution in [0.15, 0.2) is 24.3 Å². The fourth-order valence-electron chi connectivity index (χ4n) is 2.90. The molecule has 1 aliphatic rings. The van der Waals surface area contributed by atoms with Gasteiger partial charge in [0.25, 0.3) is 0 Å². The van der Waals surface area contributed by atoms with E-state index in [4.69, 9.17) is 5.11 Å². The van der Waals surface area contributed by atoms with E-state index in [1.807, 2.05) is 6.92 Å². The molecule has 1 aromatic rings. The number of nitrogens with one attached hydrogen (secondary N) is 1. The third-order valence-electron chi connectivity index (χ3n) is 4.51. The van der Waals surface area contributed by atoms with E-state index in [0.29, 0.717) is 18.8 Å². The lowest BCUT2D eigenvalue weighted by Gasteiger charge is -2.33. The first kappa shape index (κ1) is 16.5. The highest BCUT2D eigenvalue weighted by atomic mass is 16.4. The Morgan fingerprint density at radius 1 is 1.14 bits per heavy atom. The van der Waals surface area contributed by atoms with Crippen molar-refractivity contribution in [1.29, 1.82) is 0 Å². The van der Waals surface area contributed by atoms with Gasteiger partial charge in [0.15, 0.2) is 0 Å². The van der Waals surface area contributed by atoms with E-state index in [0.717, 1.165) is 6.42 Å². The number of carbonyl (C=O) groups is 2. The molecule has 2 N–H and O–H groups in total. The molecule has 22 heavy (non-hydrogen) atoms. The van der Waals surface area contributed by atoms with E-state index in [-0.39, 0.29) is 17.9 Å². The van der Waals surface area contributed by atoms with Crippen molar-refractivity contribution in [2.75, 3.05) is 0 Å². The van der Waals surface area contributed by atoms with Crippen LogP contribution < -0.4 is 5.32 Å². The molecule has 0 aliphatic heterocycles. The Kier molecular flexibility index (Phi) is 5.22. The average Bonchev–Trinajstić information content (AvgIpc) is 2.36. The molecule has 4 nitrogen and oxygen atoms in total. The van der Waals surface area contributed by atoms with E-state index in [1.165, 1.54) is 11.1 Å². The number of carboxylic acids is 1. The first-order valence-corrected chi connectivity index (χ1v) is 8.00. The maximum atomic E-state index is 12.1. The summed E-state index contributed by atoms with van der Waals surface area (Å²) < 4.78 is 0. The van der Waals surface area contributed by atoms with Crippen molar-refractivity contribution in [2.45, 2.75) is 52.0 Å².